The van der Waals surface area contributed by atoms with Crippen LogP contribution < -0.4 is 10.6 Å². The fourth-order valence-corrected chi connectivity index (χ4v) is 3.67. The molecule has 0 unspecified atom stereocenters. The largest absolute Gasteiger partial charge is 0.362 e. The molecule has 0 aliphatic carbocycles. The quantitative estimate of drug-likeness (QED) is 0.418. The first-order valence-electron chi connectivity index (χ1n) is 6.86. The molecule has 0 aliphatic rings. The van der Waals surface area contributed by atoms with Crippen LogP contribution in [0.2, 0.25) is 10.0 Å². The van der Waals surface area contributed by atoms with Gasteiger partial charge in [-0.05, 0) is 54.2 Å². The van der Waals surface area contributed by atoms with Crippen molar-refractivity contribution in [2.75, 3.05) is 17.6 Å². The second kappa shape index (κ2) is 9.74. The molecule has 0 fully saturated rings. The van der Waals surface area contributed by atoms with Crippen LogP contribution in [0.25, 0.3) is 0 Å². The van der Waals surface area contributed by atoms with Crippen molar-refractivity contribution in [3.05, 3.63) is 62.5 Å². The van der Waals surface area contributed by atoms with E-state index in [1.165, 1.54) is 0 Å². The molecule has 2 N–H and O–H groups in total. The Bertz CT molecular complexity index is 666. The van der Waals surface area contributed by atoms with Crippen molar-refractivity contribution in [2.45, 2.75) is 5.75 Å². The Balaban J connectivity index is 1.65. The average molecular weight is 450 g/mol. The second-order valence-electron chi connectivity index (χ2n) is 4.68. The van der Waals surface area contributed by atoms with Crippen LogP contribution in [0.1, 0.15) is 5.56 Å². The molecule has 0 spiro atoms. The minimum absolute atomic E-state index is 0.623. The van der Waals surface area contributed by atoms with E-state index in [1.54, 1.807) is 17.8 Å². The summed E-state index contributed by atoms with van der Waals surface area (Å²) in [6, 6.07) is 13.5. The average Bonchev–Trinajstić information content (AvgIpc) is 2.51. The fourth-order valence-electron chi connectivity index (χ4n) is 1.77. The van der Waals surface area contributed by atoms with Crippen LogP contribution in [0.4, 0.5) is 5.69 Å². The van der Waals surface area contributed by atoms with Gasteiger partial charge in [-0.1, -0.05) is 45.2 Å². The summed E-state index contributed by atoms with van der Waals surface area (Å²) in [7, 11) is 0. The lowest BCUT2D eigenvalue weighted by Crippen LogP contribution is -2.30. The third-order valence-corrected chi connectivity index (χ3v) is 5.28. The molecular formula is C16H15BrCl2N2S2. The minimum Gasteiger partial charge on any atom is -0.362 e. The lowest BCUT2D eigenvalue weighted by molar-refractivity contribution is 0.990. The van der Waals surface area contributed by atoms with Crippen molar-refractivity contribution in [1.29, 1.82) is 0 Å². The van der Waals surface area contributed by atoms with Gasteiger partial charge in [-0.2, -0.15) is 11.8 Å². The molecule has 2 nitrogen and oxygen atoms in total. The van der Waals surface area contributed by atoms with E-state index >= 15 is 0 Å². The van der Waals surface area contributed by atoms with Crippen molar-refractivity contribution in [1.82, 2.24) is 5.32 Å². The Morgan fingerprint density at radius 1 is 1.13 bits per heavy atom. The lowest BCUT2D eigenvalue weighted by Gasteiger charge is -2.10. The first-order chi connectivity index (χ1) is 11.0. The molecule has 0 saturated carbocycles. The minimum atomic E-state index is 0.623. The summed E-state index contributed by atoms with van der Waals surface area (Å²) in [5, 5.41) is 8.33. The van der Waals surface area contributed by atoms with E-state index < -0.39 is 0 Å². The van der Waals surface area contributed by atoms with E-state index in [2.05, 4.69) is 26.6 Å². The van der Waals surface area contributed by atoms with Crippen molar-refractivity contribution in [3.63, 3.8) is 0 Å². The summed E-state index contributed by atoms with van der Waals surface area (Å²) in [5.74, 6) is 1.78. The highest BCUT2D eigenvalue weighted by Gasteiger charge is 2.02. The molecular weight excluding hydrogens is 435 g/mol. The van der Waals surface area contributed by atoms with Gasteiger partial charge < -0.3 is 10.6 Å². The molecule has 0 aromatic heterocycles. The molecule has 122 valence electrons. The second-order valence-corrected chi connectivity index (χ2v) is 7.95. The van der Waals surface area contributed by atoms with Crippen LogP contribution in [-0.4, -0.2) is 17.4 Å². The lowest BCUT2D eigenvalue weighted by atomic mass is 10.2. The zero-order valence-corrected chi connectivity index (χ0v) is 16.8. The summed E-state index contributed by atoms with van der Waals surface area (Å²) in [6.45, 7) is 0.790. The molecule has 7 heteroatoms. The van der Waals surface area contributed by atoms with Gasteiger partial charge in [0.25, 0.3) is 0 Å². The molecule has 0 saturated heterocycles. The van der Waals surface area contributed by atoms with Gasteiger partial charge in [-0.25, -0.2) is 0 Å². The van der Waals surface area contributed by atoms with E-state index in [1.807, 2.05) is 36.4 Å². The standard InChI is InChI=1S/C16H15BrCl2N2S2/c17-12-2-5-14(6-3-12)21-16(22)20-7-8-23-10-11-1-4-13(18)9-15(11)19/h1-6,9H,7-8,10H2,(H2,20,21,22). The summed E-state index contributed by atoms with van der Waals surface area (Å²) in [4.78, 5) is 0. The van der Waals surface area contributed by atoms with Gasteiger partial charge in [-0.3, -0.25) is 0 Å². The van der Waals surface area contributed by atoms with E-state index in [0.29, 0.717) is 15.2 Å². The Hall–Kier alpha value is -0.460. The molecule has 0 atom stereocenters. The number of hydrogen-bond acceptors (Lipinski definition) is 2. The molecule has 2 aromatic rings. The monoisotopic (exact) mass is 448 g/mol. The van der Waals surface area contributed by atoms with Crippen molar-refractivity contribution >= 4 is 73.9 Å². The summed E-state index contributed by atoms with van der Waals surface area (Å²) in [6.07, 6.45) is 0. The molecule has 2 aromatic carbocycles. The summed E-state index contributed by atoms with van der Waals surface area (Å²) in [5.41, 5.74) is 2.06. The number of thiocarbonyl (C=S) groups is 1. The number of anilines is 1. The van der Waals surface area contributed by atoms with Crippen LogP contribution in [0.15, 0.2) is 46.9 Å². The van der Waals surface area contributed by atoms with Crippen molar-refractivity contribution in [3.8, 4) is 0 Å². The number of nitrogens with one attached hydrogen (secondary N) is 2. The molecule has 0 radical (unpaired) electrons. The third kappa shape index (κ3) is 6.89. The predicted molar refractivity (Wildman–Crippen MR) is 111 cm³/mol. The zero-order chi connectivity index (χ0) is 16.7. The molecule has 0 amide bonds. The first-order valence-corrected chi connectivity index (χ1v) is 9.98. The number of thioether (sulfide) groups is 1. The summed E-state index contributed by atoms with van der Waals surface area (Å²) >= 11 is 22.5. The normalized spacial score (nSPS) is 10.4. The van der Waals surface area contributed by atoms with Crippen LogP contribution in [0.5, 0.6) is 0 Å². The topological polar surface area (TPSA) is 24.1 Å². The van der Waals surface area contributed by atoms with Crippen molar-refractivity contribution in [2.24, 2.45) is 0 Å². The van der Waals surface area contributed by atoms with Crippen LogP contribution >= 0.6 is 63.1 Å². The number of benzene rings is 2. The maximum Gasteiger partial charge on any atom is 0.170 e. The molecule has 0 aliphatic heterocycles. The van der Waals surface area contributed by atoms with Crippen molar-refractivity contribution < 1.29 is 0 Å². The van der Waals surface area contributed by atoms with E-state index in [0.717, 1.165) is 33.8 Å². The van der Waals surface area contributed by atoms with E-state index in [9.17, 15) is 0 Å². The Morgan fingerprint density at radius 3 is 2.57 bits per heavy atom. The highest BCUT2D eigenvalue weighted by molar-refractivity contribution is 9.10. The highest BCUT2D eigenvalue weighted by Crippen LogP contribution is 2.24. The smallest absolute Gasteiger partial charge is 0.170 e. The third-order valence-electron chi connectivity index (χ3n) is 2.91. The maximum atomic E-state index is 6.15. The number of rotatable bonds is 6. The Labute approximate surface area is 164 Å². The molecule has 2 rings (SSSR count). The Morgan fingerprint density at radius 2 is 1.87 bits per heavy atom. The first kappa shape index (κ1) is 18.9. The number of halogens is 3. The van der Waals surface area contributed by atoms with Crippen LogP contribution in [0, 0.1) is 0 Å². The van der Waals surface area contributed by atoms with Gasteiger partial charge in [0.15, 0.2) is 5.11 Å². The number of hydrogen-bond donors (Lipinski definition) is 2. The van der Waals surface area contributed by atoms with Gasteiger partial charge >= 0.3 is 0 Å². The van der Waals surface area contributed by atoms with E-state index in [-0.39, 0.29) is 0 Å². The molecule has 23 heavy (non-hydrogen) atoms. The fraction of sp³-hybridized carbons (Fsp3) is 0.188. The SMILES string of the molecule is S=C(NCCSCc1ccc(Cl)cc1Cl)Nc1ccc(Br)cc1. The van der Waals surface area contributed by atoms with Crippen LogP contribution in [0.3, 0.4) is 0 Å². The highest BCUT2D eigenvalue weighted by atomic mass is 79.9. The van der Waals surface area contributed by atoms with Gasteiger partial charge in [-0.15, -0.1) is 0 Å². The zero-order valence-electron chi connectivity index (χ0n) is 12.1. The van der Waals surface area contributed by atoms with E-state index in [4.69, 9.17) is 35.4 Å². The molecule has 0 bridgehead atoms. The van der Waals surface area contributed by atoms with Gasteiger partial charge in [0, 0.05) is 38.3 Å². The maximum absolute atomic E-state index is 6.15. The van der Waals surface area contributed by atoms with Gasteiger partial charge in [0.05, 0.1) is 0 Å². The van der Waals surface area contributed by atoms with Gasteiger partial charge in [0.2, 0.25) is 0 Å². The predicted octanol–water partition coefficient (Wildman–Crippen LogP) is 5.98. The summed E-state index contributed by atoms with van der Waals surface area (Å²) < 4.78 is 1.04. The Kier molecular flexibility index (Phi) is 7.99. The van der Waals surface area contributed by atoms with Gasteiger partial charge in [0.1, 0.15) is 0 Å². The molecule has 0 heterocycles. The van der Waals surface area contributed by atoms with Crippen LogP contribution in [-0.2, 0) is 5.75 Å².